The molecule has 27 heavy (non-hydrogen) atoms. The van der Waals surface area contributed by atoms with Gasteiger partial charge in [0.25, 0.3) is 0 Å². The summed E-state index contributed by atoms with van der Waals surface area (Å²) in [5, 5.41) is 12.1. The number of nitrogens with one attached hydrogen (secondary N) is 1. The van der Waals surface area contributed by atoms with E-state index in [2.05, 4.69) is 15.5 Å². The molecule has 0 saturated carbocycles. The predicted molar refractivity (Wildman–Crippen MR) is 107 cm³/mol. The monoisotopic (exact) mass is 400 g/mol. The number of furan rings is 1. The first-order valence-corrected chi connectivity index (χ1v) is 10.6. The van der Waals surface area contributed by atoms with Crippen molar-refractivity contribution >= 4 is 34.1 Å². The van der Waals surface area contributed by atoms with Gasteiger partial charge in [0, 0.05) is 13.1 Å². The molecule has 4 rings (SSSR count). The van der Waals surface area contributed by atoms with Crippen LogP contribution in [-0.2, 0) is 11.3 Å². The molecule has 1 N–H and O–H groups in total. The lowest BCUT2D eigenvalue weighted by Gasteiger charge is -2.22. The van der Waals surface area contributed by atoms with Crippen LogP contribution < -0.4 is 5.32 Å². The smallest absolute Gasteiger partial charge is 0.240 e. The summed E-state index contributed by atoms with van der Waals surface area (Å²) in [4.78, 5) is 15.0. The zero-order valence-corrected chi connectivity index (χ0v) is 16.3. The van der Waals surface area contributed by atoms with Crippen molar-refractivity contribution in [2.75, 3.05) is 18.4 Å². The Kier molecular flexibility index (Phi) is 5.74. The third-order valence-electron chi connectivity index (χ3n) is 4.36. The Morgan fingerprint density at radius 3 is 2.74 bits per heavy atom. The second kappa shape index (κ2) is 8.58. The normalized spacial score (nSPS) is 15.0. The number of aromatic nitrogens is 2. The van der Waals surface area contributed by atoms with Gasteiger partial charge in [-0.1, -0.05) is 53.4 Å². The predicted octanol–water partition coefficient (Wildman–Crippen LogP) is 4.20. The minimum absolute atomic E-state index is 0.156. The SMILES string of the molecule is O=C([C@@H](Sc1nnc(NCc2ccco2)s1)c1ccccc1)N1CCCC1. The molecule has 1 aliphatic heterocycles. The lowest BCUT2D eigenvalue weighted by Crippen LogP contribution is -2.31. The van der Waals surface area contributed by atoms with E-state index in [1.807, 2.05) is 47.4 Å². The molecule has 1 saturated heterocycles. The minimum atomic E-state index is -0.296. The summed E-state index contributed by atoms with van der Waals surface area (Å²) in [6.07, 6.45) is 3.81. The van der Waals surface area contributed by atoms with Gasteiger partial charge in [0.15, 0.2) is 4.34 Å². The molecule has 3 heterocycles. The van der Waals surface area contributed by atoms with E-state index in [1.165, 1.54) is 23.1 Å². The Labute approximate surface area is 166 Å². The lowest BCUT2D eigenvalue weighted by atomic mass is 10.1. The van der Waals surface area contributed by atoms with Crippen molar-refractivity contribution < 1.29 is 9.21 Å². The van der Waals surface area contributed by atoms with Gasteiger partial charge in [0.1, 0.15) is 11.0 Å². The number of nitrogens with zero attached hydrogens (tertiary/aromatic N) is 3. The van der Waals surface area contributed by atoms with Gasteiger partial charge in [-0.05, 0) is 30.5 Å². The summed E-state index contributed by atoms with van der Waals surface area (Å²) < 4.78 is 6.09. The highest BCUT2D eigenvalue weighted by Crippen LogP contribution is 2.39. The molecule has 8 heteroatoms. The van der Waals surface area contributed by atoms with Crippen LogP contribution in [0.1, 0.15) is 29.4 Å². The number of carbonyl (C=O) groups excluding carboxylic acids is 1. The fourth-order valence-corrected chi connectivity index (χ4v) is 5.02. The fraction of sp³-hybridized carbons (Fsp3) is 0.316. The fourth-order valence-electron chi connectivity index (χ4n) is 3.00. The molecule has 1 fully saturated rings. The Balaban J connectivity index is 1.47. The van der Waals surface area contributed by atoms with E-state index >= 15 is 0 Å². The van der Waals surface area contributed by atoms with Gasteiger partial charge in [-0.2, -0.15) is 0 Å². The molecule has 140 valence electrons. The van der Waals surface area contributed by atoms with Gasteiger partial charge in [-0.3, -0.25) is 4.79 Å². The number of likely N-dealkylation sites (tertiary alicyclic amines) is 1. The van der Waals surface area contributed by atoms with Crippen LogP contribution in [0.2, 0.25) is 0 Å². The molecule has 1 atom stereocenters. The molecule has 0 aliphatic carbocycles. The summed E-state index contributed by atoms with van der Waals surface area (Å²) in [5.74, 6) is 0.995. The minimum Gasteiger partial charge on any atom is -0.467 e. The number of hydrogen-bond donors (Lipinski definition) is 1. The van der Waals surface area contributed by atoms with Crippen LogP contribution in [0.25, 0.3) is 0 Å². The van der Waals surface area contributed by atoms with Crippen molar-refractivity contribution in [3.8, 4) is 0 Å². The van der Waals surface area contributed by atoms with E-state index in [1.54, 1.807) is 6.26 Å². The molecule has 1 amide bonds. The van der Waals surface area contributed by atoms with Crippen molar-refractivity contribution in [1.82, 2.24) is 15.1 Å². The molecule has 0 unspecified atom stereocenters. The Hall–Kier alpha value is -2.32. The van der Waals surface area contributed by atoms with Crippen molar-refractivity contribution in [2.24, 2.45) is 0 Å². The highest BCUT2D eigenvalue weighted by Gasteiger charge is 2.29. The quantitative estimate of drug-likeness (QED) is 0.600. The van der Waals surface area contributed by atoms with Gasteiger partial charge >= 0.3 is 0 Å². The maximum absolute atomic E-state index is 13.1. The Bertz CT molecular complexity index is 861. The summed E-state index contributed by atoms with van der Waals surface area (Å²) in [6.45, 7) is 2.24. The molecule has 1 aliphatic rings. The molecular weight excluding hydrogens is 380 g/mol. The molecule has 0 bridgehead atoms. The molecule has 2 aromatic heterocycles. The standard InChI is InChI=1S/C19H20N4O2S2/c24-17(23-10-4-5-11-23)16(14-7-2-1-3-8-14)26-19-22-21-18(27-19)20-13-15-9-6-12-25-15/h1-3,6-9,12,16H,4-5,10-11,13H2,(H,20,21)/t16-/m0/s1. The van der Waals surface area contributed by atoms with Crippen LogP contribution in [0.5, 0.6) is 0 Å². The van der Waals surface area contributed by atoms with Gasteiger partial charge in [-0.25, -0.2) is 0 Å². The number of amides is 1. The largest absolute Gasteiger partial charge is 0.467 e. The number of benzene rings is 1. The van der Waals surface area contributed by atoms with Crippen LogP contribution in [0.3, 0.4) is 0 Å². The number of anilines is 1. The van der Waals surface area contributed by atoms with Crippen molar-refractivity contribution in [2.45, 2.75) is 29.0 Å². The lowest BCUT2D eigenvalue weighted by molar-refractivity contribution is -0.129. The molecule has 1 aromatic carbocycles. The zero-order valence-electron chi connectivity index (χ0n) is 14.7. The maximum Gasteiger partial charge on any atom is 0.240 e. The summed E-state index contributed by atoms with van der Waals surface area (Å²) in [7, 11) is 0. The second-order valence-electron chi connectivity index (χ2n) is 6.25. The second-order valence-corrected chi connectivity index (χ2v) is 8.58. The number of hydrogen-bond acceptors (Lipinski definition) is 7. The summed E-state index contributed by atoms with van der Waals surface area (Å²) in [6, 6.07) is 13.7. The van der Waals surface area contributed by atoms with Crippen LogP contribution in [0.15, 0.2) is 57.5 Å². The van der Waals surface area contributed by atoms with Crippen LogP contribution in [0, 0.1) is 0 Å². The Morgan fingerprint density at radius 2 is 2.00 bits per heavy atom. The summed E-state index contributed by atoms with van der Waals surface area (Å²) >= 11 is 2.93. The zero-order chi connectivity index (χ0) is 18.5. The first-order valence-electron chi connectivity index (χ1n) is 8.90. The van der Waals surface area contributed by atoms with Gasteiger partial charge in [-0.15, -0.1) is 10.2 Å². The number of thioether (sulfide) groups is 1. The van der Waals surface area contributed by atoms with Gasteiger partial charge in [0.05, 0.1) is 12.8 Å². The average Bonchev–Trinajstić information content (AvgIpc) is 3.48. The molecule has 0 spiro atoms. The van der Waals surface area contributed by atoms with Crippen molar-refractivity contribution in [1.29, 1.82) is 0 Å². The third-order valence-corrected chi connectivity index (χ3v) is 6.57. The first kappa shape index (κ1) is 18.1. The number of carbonyl (C=O) groups is 1. The first-order chi connectivity index (χ1) is 13.3. The molecular formula is C19H20N4O2S2. The van der Waals surface area contributed by atoms with E-state index < -0.39 is 0 Å². The highest BCUT2D eigenvalue weighted by atomic mass is 32.2. The topological polar surface area (TPSA) is 71.3 Å². The van der Waals surface area contributed by atoms with E-state index in [4.69, 9.17) is 4.42 Å². The van der Waals surface area contributed by atoms with E-state index in [0.717, 1.165) is 41.6 Å². The van der Waals surface area contributed by atoms with Gasteiger partial charge in [0.2, 0.25) is 11.0 Å². The average molecular weight is 401 g/mol. The molecule has 6 nitrogen and oxygen atoms in total. The molecule has 3 aromatic rings. The summed E-state index contributed by atoms with van der Waals surface area (Å²) in [5.41, 5.74) is 1.000. The van der Waals surface area contributed by atoms with Crippen LogP contribution in [-0.4, -0.2) is 34.1 Å². The third kappa shape index (κ3) is 4.51. The Morgan fingerprint density at radius 1 is 1.19 bits per heavy atom. The van der Waals surface area contributed by atoms with E-state index in [9.17, 15) is 4.79 Å². The number of rotatable bonds is 7. The maximum atomic E-state index is 13.1. The molecule has 0 radical (unpaired) electrons. The highest BCUT2D eigenvalue weighted by molar-refractivity contribution is 8.01. The van der Waals surface area contributed by atoms with Crippen molar-refractivity contribution in [3.05, 3.63) is 60.1 Å². The van der Waals surface area contributed by atoms with E-state index in [-0.39, 0.29) is 11.2 Å². The van der Waals surface area contributed by atoms with E-state index in [0.29, 0.717) is 11.7 Å². The van der Waals surface area contributed by atoms with Crippen LogP contribution >= 0.6 is 23.1 Å². The van der Waals surface area contributed by atoms with Gasteiger partial charge < -0.3 is 14.6 Å². The van der Waals surface area contributed by atoms with Crippen molar-refractivity contribution in [3.63, 3.8) is 0 Å². The van der Waals surface area contributed by atoms with Crippen LogP contribution in [0.4, 0.5) is 5.13 Å².